The molecule has 2 amide bonds. The number of fused-ring (bicyclic) bond motifs is 8. The number of ether oxygens (including phenoxy) is 1. The van der Waals surface area contributed by atoms with Crippen molar-refractivity contribution in [3.05, 3.63) is 71.3 Å². The van der Waals surface area contributed by atoms with E-state index in [4.69, 9.17) is 4.74 Å². The molecule has 2 aromatic carbocycles. The fourth-order valence-corrected chi connectivity index (χ4v) is 11.9. The van der Waals surface area contributed by atoms with Crippen molar-refractivity contribution in [3.8, 4) is 11.1 Å². The Morgan fingerprint density at radius 3 is 2.30 bits per heavy atom. The van der Waals surface area contributed by atoms with E-state index in [1.165, 1.54) is 57.8 Å². The monoisotopic (exact) mass is 678 g/mol. The summed E-state index contributed by atoms with van der Waals surface area (Å²) >= 11 is 0. The third-order valence-corrected chi connectivity index (χ3v) is 14.7. The van der Waals surface area contributed by atoms with Gasteiger partial charge in [0.2, 0.25) is 5.91 Å². The minimum Gasteiger partial charge on any atom is -0.436 e. The highest BCUT2D eigenvalue weighted by Crippen LogP contribution is 2.67. The lowest BCUT2D eigenvalue weighted by atomic mass is 9.47. The highest BCUT2D eigenvalue weighted by atomic mass is 16.6. The zero-order chi connectivity index (χ0) is 35.2. The number of nitrogens with zero attached hydrogens (tertiary/aromatic N) is 1. The molecule has 0 saturated heterocycles. The maximum atomic E-state index is 13.2. The minimum absolute atomic E-state index is 0.0250. The third kappa shape index (κ3) is 6.45. The second kappa shape index (κ2) is 14.2. The van der Waals surface area contributed by atoms with Crippen molar-refractivity contribution >= 4 is 12.0 Å². The van der Waals surface area contributed by atoms with Gasteiger partial charge in [0, 0.05) is 37.2 Å². The summed E-state index contributed by atoms with van der Waals surface area (Å²) in [6.07, 6.45) is 16.3. The number of hydrogen-bond donors (Lipinski definition) is 1. The van der Waals surface area contributed by atoms with Gasteiger partial charge in [-0.3, -0.25) is 4.79 Å². The van der Waals surface area contributed by atoms with E-state index in [9.17, 15) is 9.59 Å². The summed E-state index contributed by atoms with van der Waals surface area (Å²) in [7, 11) is 1.73. The normalized spacial score (nSPS) is 31.8. The Balaban J connectivity index is 0.912. The van der Waals surface area contributed by atoms with Gasteiger partial charge in [0.1, 0.15) is 0 Å². The van der Waals surface area contributed by atoms with Crippen molar-refractivity contribution in [1.82, 2.24) is 10.2 Å². The average molecular weight is 679 g/mol. The molecule has 5 aliphatic carbocycles. The van der Waals surface area contributed by atoms with Gasteiger partial charge in [0.25, 0.3) is 0 Å². The first kappa shape index (κ1) is 35.3. The molecule has 0 radical (unpaired) electrons. The molecule has 7 rings (SSSR count). The lowest BCUT2D eigenvalue weighted by molar-refractivity contribution is -0.122. The van der Waals surface area contributed by atoms with E-state index < -0.39 is 12.2 Å². The van der Waals surface area contributed by atoms with Gasteiger partial charge in [-0.15, -0.1) is 0 Å². The molecule has 50 heavy (non-hydrogen) atoms. The number of allylic oxidation sites excluding steroid dienone is 1. The molecule has 0 aliphatic heterocycles. The number of carbonyl (C=O) groups is 2. The SMILES string of the molecule is CC(C)CCC[C@@H](C)[C@H]1CC[C@H]2[C@@H]3CC=C4C[C@@H](NC(=O)CCN(C)C(=O)OC5c6ccccc6-c6ccccc65)CC[C@]4(C)[C@H]3CC[C@]12C. The Hall–Kier alpha value is -3.08. The van der Waals surface area contributed by atoms with E-state index >= 15 is 0 Å². The lowest BCUT2D eigenvalue weighted by Gasteiger charge is -2.58. The second-order valence-corrected chi connectivity index (χ2v) is 17.9. The molecular weight excluding hydrogens is 617 g/mol. The van der Waals surface area contributed by atoms with Gasteiger partial charge in [-0.25, -0.2) is 4.79 Å². The molecule has 3 fully saturated rings. The largest absolute Gasteiger partial charge is 0.436 e. The molecule has 5 aliphatic rings. The van der Waals surface area contributed by atoms with Crippen LogP contribution in [0, 0.1) is 46.3 Å². The number of carbonyl (C=O) groups excluding carboxylic acids is 2. The first-order valence-corrected chi connectivity index (χ1v) is 20.1. The number of nitrogens with one attached hydrogen (secondary N) is 1. The molecule has 5 heteroatoms. The van der Waals surface area contributed by atoms with Crippen LogP contribution in [-0.4, -0.2) is 36.5 Å². The summed E-state index contributed by atoms with van der Waals surface area (Å²) in [6.45, 7) is 12.9. The van der Waals surface area contributed by atoms with E-state index in [-0.39, 0.29) is 23.8 Å². The van der Waals surface area contributed by atoms with Gasteiger partial charge < -0.3 is 15.0 Å². The molecule has 0 unspecified atom stereocenters. The fraction of sp³-hybridized carbons (Fsp3) is 0.644. The standard InChI is InChI=1S/C45H62N2O3/c1-29(2)12-11-13-30(3)38-20-21-39-37-19-18-31-28-32(22-25-44(31,4)40(37)23-26-45(38,39)5)46-41(48)24-27-47(6)43(49)50-42-35-16-9-7-14-33(35)34-15-8-10-17-36(34)42/h7-10,14-18,29-30,32,37-40,42H,11-13,19-28H2,1-6H3,(H,46,48)/t30-,32+,37+,38-,39+,40+,44+,45-/m1/s1. The fourth-order valence-electron chi connectivity index (χ4n) is 11.9. The summed E-state index contributed by atoms with van der Waals surface area (Å²) < 4.78 is 6.04. The minimum atomic E-state index is -0.429. The predicted molar refractivity (Wildman–Crippen MR) is 202 cm³/mol. The van der Waals surface area contributed by atoms with Crippen LogP contribution in [0.2, 0.25) is 0 Å². The number of benzene rings is 2. The predicted octanol–water partition coefficient (Wildman–Crippen LogP) is 10.7. The Bertz CT molecular complexity index is 1550. The van der Waals surface area contributed by atoms with Gasteiger partial charge in [0.05, 0.1) is 0 Å². The zero-order valence-electron chi connectivity index (χ0n) is 31.7. The third-order valence-electron chi connectivity index (χ3n) is 14.7. The quantitative estimate of drug-likeness (QED) is 0.255. The van der Waals surface area contributed by atoms with Crippen LogP contribution < -0.4 is 5.32 Å². The van der Waals surface area contributed by atoms with Gasteiger partial charge in [0.15, 0.2) is 6.10 Å². The molecule has 2 aromatic rings. The summed E-state index contributed by atoms with van der Waals surface area (Å²) in [5.41, 5.74) is 6.64. The van der Waals surface area contributed by atoms with E-state index in [1.54, 1.807) is 17.5 Å². The zero-order valence-corrected chi connectivity index (χ0v) is 31.7. The first-order valence-electron chi connectivity index (χ1n) is 20.1. The number of amides is 2. The molecule has 1 N–H and O–H groups in total. The average Bonchev–Trinajstić information content (AvgIpc) is 3.62. The number of rotatable bonds is 10. The second-order valence-electron chi connectivity index (χ2n) is 17.9. The van der Waals surface area contributed by atoms with Crippen molar-refractivity contribution in [2.45, 2.75) is 124 Å². The Kier molecular flexibility index (Phi) is 10.00. The van der Waals surface area contributed by atoms with Gasteiger partial charge in [-0.2, -0.15) is 0 Å². The molecule has 270 valence electrons. The number of hydrogen-bond acceptors (Lipinski definition) is 3. The van der Waals surface area contributed by atoms with Crippen LogP contribution in [0.1, 0.15) is 129 Å². The van der Waals surface area contributed by atoms with Gasteiger partial charge in [-0.1, -0.05) is 114 Å². The van der Waals surface area contributed by atoms with Crippen molar-refractivity contribution < 1.29 is 14.3 Å². The van der Waals surface area contributed by atoms with Crippen LogP contribution in [0.15, 0.2) is 60.2 Å². The van der Waals surface area contributed by atoms with Crippen molar-refractivity contribution in [2.24, 2.45) is 46.3 Å². The Labute approximate surface area is 302 Å². The smallest absolute Gasteiger partial charge is 0.410 e. The highest BCUT2D eigenvalue weighted by Gasteiger charge is 2.59. The molecule has 3 saturated carbocycles. The molecular formula is C45H62N2O3. The van der Waals surface area contributed by atoms with E-state index in [2.05, 4.69) is 58.1 Å². The topological polar surface area (TPSA) is 58.6 Å². The molecule has 0 bridgehead atoms. The van der Waals surface area contributed by atoms with E-state index in [0.717, 1.165) is 70.6 Å². The molecule has 5 nitrogen and oxygen atoms in total. The summed E-state index contributed by atoms with van der Waals surface area (Å²) in [6, 6.07) is 16.4. The molecule has 0 aromatic heterocycles. The van der Waals surface area contributed by atoms with Crippen LogP contribution in [0.3, 0.4) is 0 Å². The summed E-state index contributed by atoms with van der Waals surface area (Å²) in [5.74, 6) is 5.05. The highest BCUT2D eigenvalue weighted by molar-refractivity contribution is 5.80. The maximum absolute atomic E-state index is 13.2. The maximum Gasteiger partial charge on any atom is 0.410 e. The van der Waals surface area contributed by atoms with E-state index in [1.807, 2.05) is 36.4 Å². The van der Waals surface area contributed by atoms with Crippen molar-refractivity contribution in [3.63, 3.8) is 0 Å². The van der Waals surface area contributed by atoms with Crippen LogP contribution in [0.25, 0.3) is 11.1 Å². The van der Waals surface area contributed by atoms with Crippen LogP contribution >= 0.6 is 0 Å². The molecule has 8 atom stereocenters. The molecule has 0 spiro atoms. The van der Waals surface area contributed by atoms with Crippen molar-refractivity contribution in [2.75, 3.05) is 13.6 Å². The summed E-state index contributed by atoms with van der Waals surface area (Å²) in [5, 5.41) is 3.36. The van der Waals surface area contributed by atoms with Gasteiger partial charge >= 0.3 is 6.09 Å². The van der Waals surface area contributed by atoms with Crippen molar-refractivity contribution in [1.29, 1.82) is 0 Å². The Morgan fingerprint density at radius 1 is 0.900 bits per heavy atom. The van der Waals surface area contributed by atoms with E-state index in [0.29, 0.717) is 12.0 Å². The molecule has 0 heterocycles. The van der Waals surface area contributed by atoms with Crippen LogP contribution in [-0.2, 0) is 9.53 Å². The van der Waals surface area contributed by atoms with Crippen LogP contribution in [0.4, 0.5) is 4.79 Å². The Morgan fingerprint density at radius 2 is 1.60 bits per heavy atom. The van der Waals surface area contributed by atoms with Crippen LogP contribution in [0.5, 0.6) is 0 Å². The van der Waals surface area contributed by atoms with Gasteiger partial charge in [-0.05, 0) is 109 Å². The first-order chi connectivity index (χ1) is 24.0. The lowest BCUT2D eigenvalue weighted by Crippen LogP contribution is -2.52. The summed E-state index contributed by atoms with van der Waals surface area (Å²) in [4.78, 5) is 28.0.